The van der Waals surface area contributed by atoms with Crippen molar-refractivity contribution in [2.75, 3.05) is 0 Å². The van der Waals surface area contributed by atoms with Crippen molar-refractivity contribution in [1.29, 1.82) is 0 Å². The minimum Gasteiger partial charge on any atom is -0.373 e. The van der Waals surface area contributed by atoms with Crippen LogP contribution in [0.5, 0.6) is 0 Å². The lowest BCUT2D eigenvalue weighted by molar-refractivity contribution is -0.387. The average Bonchev–Trinajstić information content (AvgIpc) is 2.37. The molecule has 1 aromatic carbocycles. The number of nitrogens with two attached hydrogens (primary N) is 1. The van der Waals surface area contributed by atoms with Crippen molar-refractivity contribution in [3.63, 3.8) is 0 Å². The fourth-order valence-electron chi connectivity index (χ4n) is 2.36. The highest BCUT2D eigenvalue weighted by molar-refractivity contribution is 5.36. The van der Waals surface area contributed by atoms with Crippen LogP contribution in [0.3, 0.4) is 0 Å². The van der Waals surface area contributed by atoms with E-state index in [0.717, 1.165) is 31.7 Å². The third-order valence-corrected chi connectivity index (χ3v) is 3.40. The highest BCUT2D eigenvalue weighted by Gasteiger charge is 2.22. The van der Waals surface area contributed by atoms with Crippen molar-refractivity contribution < 1.29 is 14.1 Å². The summed E-state index contributed by atoms with van der Waals surface area (Å²) >= 11 is 0. The number of halogens is 1. The summed E-state index contributed by atoms with van der Waals surface area (Å²) in [6.45, 7) is 0.0465. The van der Waals surface area contributed by atoms with Crippen LogP contribution in [-0.4, -0.2) is 17.1 Å². The van der Waals surface area contributed by atoms with Gasteiger partial charge in [0.2, 0.25) is 5.82 Å². The van der Waals surface area contributed by atoms with Gasteiger partial charge in [-0.05, 0) is 25.7 Å². The Morgan fingerprint density at radius 1 is 1.47 bits per heavy atom. The first-order chi connectivity index (χ1) is 9.08. The van der Waals surface area contributed by atoms with Crippen LogP contribution in [0.15, 0.2) is 18.2 Å². The van der Waals surface area contributed by atoms with Gasteiger partial charge in [0.1, 0.15) is 0 Å². The van der Waals surface area contributed by atoms with Crippen molar-refractivity contribution >= 4 is 5.69 Å². The summed E-state index contributed by atoms with van der Waals surface area (Å²) in [7, 11) is 0. The fraction of sp³-hybridized carbons (Fsp3) is 0.538. The zero-order valence-electron chi connectivity index (χ0n) is 10.5. The second kappa shape index (κ2) is 6.08. The summed E-state index contributed by atoms with van der Waals surface area (Å²) < 4.78 is 19.4. The third kappa shape index (κ3) is 3.48. The quantitative estimate of drug-likeness (QED) is 0.672. The Bertz CT molecular complexity index is 467. The first-order valence-corrected chi connectivity index (χ1v) is 6.37. The molecule has 0 aromatic heterocycles. The van der Waals surface area contributed by atoms with Gasteiger partial charge in [-0.2, -0.15) is 4.39 Å². The molecule has 1 aliphatic rings. The normalized spacial score (nSPS) is 23.3. The zero-order chi connectivity index (χ0) is 13.8. The second-order valence-corrected chi connectivity index (χ2v) is 4.87. The molecule has 5 nitrogen and oxygen atoms in total. The Balaban J connectivity index is 1.99. The summed E-state index contributed by atoms with van der Waals surface area (Å²) in [5.74, 6) is -0.812. The number of ether oxygens (including phenoxy) is 1. The number of rotatable bonds is 4. The first-order valence-electron chi connectivity index (χ1n) is 6.37. The van der Waals surface area contributed by atoms with Crippen LogP contribution in [0.25, 0.3) is 0 Å². The van der Waals surface area contributed by atoms with Crippen LogP contribution in [0.2, 0.25) is 0 Å². The lowest BCUT2D eigenvalue weighted by atomic mass is 9.93. The van der Waals surface area contributed by atoms with Gasteiger partial charge in [-0.15, -0.1) is 0 Å². The van der Waals surface area contributed by atoms with Crippen LogP contribution >= 0.6 is 0 Å². The van der Waals surface area contributed by atoms with Crippen LogP contribution in [0.1, 0.15) is 31.2 Å². The van der Waals surface area contributed by atoms with Gasteiger partial charge in [-0.3, -0.25) is 10.1 Å². The van der Waals surface area contributed by atoms with Gasteiger partial charge in [0.25, 0.3) is 0 Å². The van der Waals surface area contributed by atoms with E-state index in [9.17, 15) is 14.5 Å². The van der Waals surface area contributed by atoms with E-state index in [-0.39, 0.29) is 24.3 Å². The van der Waals surface area contributed by atoms with Crippen molar-refractivity contribution in [3.05, 3.63) is 39.7 Å². The van der Waals surface area contributed by atoms with Crippen LogP contribution in [-0.2, 0) is 11.3 Å². The van der Waals surface area contributed by atoms with Gasteiger partial charge in [0.15, 0.2) is 0 Å². The van der Waals surface area contributed by atoms with Gasteiger partial charge >= 0.3 is 5.69 Å². The van der Waals surface area contributed by atoms with Gasteiger partial charge < -0.3 is 10.5 Å². The average molecular weight is 268 g/mol. The molecular formula is C13H17FN2O3. The van der Waals surface area contributed by atoms with E-state index in [2.05, 4.69) is 0 Å². The Morgan fingerprint density at radius 2 is 2.26 bits per heavy atom. The van der Waals surface area contributed by atoms with Gasteiger partial charge in [0.05, 0.1) is 17.6 Å². The van der Waals surface area contributed by atoms with Crippen molar-refractivity contribution in [2.45, 2.75) is 44.4 Å². The van der Waals surface area contributed by atoms with Crippen LogP contribution < -0.4 is 5.73 Å². The molecule has 19 heavy (non-hydrogen) atoms. The summed E-state index contributed by atoms with van der Waals surface area (Å²) in [5, 5.41) is 10.6. The Hall–Kier alpha value is -1.53. The first kappa shape index (κ1) is 13.9. The van der Waals surface area contributed by atoms with Crippen molar-refractivity contribution in [3.8, 4) is 0 Å². The van der Waals surface area contributed by atoms with Gasteiger partial charge in [-0.25, -0.2) is 0 Å². The maximum absolute atomic E-state index is 13.8. The lowest BCUT2D eigenvalue weighted by Crippen LogP contribution is -2.32. The number of nitro benzene ring substituents is 1. The maximum atomic E-state index is 13.8. The molecule has 0 saturated heterocycles. The molecular weight excluding hydrogens is 251 g/mol. The molecule has 2 rings (SSSR count). The number of benzene rings is 1. The number of hydrogen-bond donors (Lipinski definition) is 1. The molecule has 1 fully saturated rings. The second-order valence-electron chi connectivity index (χ2n) is 4.87. The van der Waals surface area contributed by atoms with E-state index in [1.165, 1.54) is 12.1 Å². The molecule has 0 amide bonds. The van der Waals surface area contributed by atoms with E-state index >= 15 is 0 Å². The molecule has 0 aliphatic heterocycles. The molecule has 2 atom stereocenters. The predicted octanol–water partition coefficient (Wildman–Crippen LogP) is 2.52. The number of nitro groups is 1. The van der Waals surface area contributed by atoms with E-state index in [0.29, 0.717) is 0 Å². The molecule has 0 radical (unpaired) electrons. The molecule has 2 N–H and O–H groups in total. The zero-order valence-corrected chi connectivity index (χ0v) is 10.5. The minimum absolute atomic E-state index is 0.0161. The molecule has 1 aliphatic carbocycles. The summed E-state index contributed by atoms with van der Waals surface area (Å²) in [6, 6.07) is 4.25. The Kier molecular flexibility index (Phi) is 4.44. The number of nitrogens with zero attached hydrogens (tertiary/aromatic N) is 1. The Morgan fingerprint density at radius 3 is 2.95 bits per heavy atom. The maximum Gasteiger partial charge on any atom is 0.305 e. The van der Waals surface area contributed by atoms with Gasteiger partial charge in [0, 0.05) is 17.7 Å². The standard InChI is InChI=1S/C13H17FN2O3/c14-13-9(3-1-6-12(13)16(17)18)8-19-11-5-2-4-10(15)7-11/h1,3,6,10-11H,2,4-5,7-8,15H2. The molecule has 1 saturated carbocycles. The van der Waals surface area contributed by atoms with Crippen LogP contribution in [0.4, 0.5) is 10.1 Å². The highest BCUT2D eigenvalue weighted by atomic mass is 19.1. The summed E-state index contributed by atoms with van der Waals surface area (Å²) in [4.78, 5) is 9.90. The molecule has 2 unspecified atom stereocenters. The smallest absolute Gasteiger partial charge is 0.305 e. The fourth-order valence-corrected chi connectivity index (χ4v) is 2.36. The topological polar surface area (TPSA) is 78.4 Å². The van der Waals surface area contributed by atoms with Gasteiger partial charge in [-0.1, -0.05) is 12.1 Å². The molecule has 0 spiro atoms. The van der Waals surface area contributed by atoms with E-state index in [1.54, 1.807) is 0 Å². The molecule has 104 valence electrons. The van der Waals surface area contributed by atoms with E-state index in [4.69, 9.17) is 10.5 Å². The van der Waals surface area contributed by atoms with Crippen LogP contribution in [0, 0.1) is 15.9 Å². The monoisotopic (exact) mass is 268 g/mol. The third-order valence-electron chi connectivity index (χ3n) is 3.40. The number of hydrogen-bond acceptors (Lipinski definition) is 4. The lowest BCUT2D eigenvalue weighted by Gasteiger charge is -2.26. The minimum atomic E-state index is -0.812. The van der Waals surface area contributed by atoms with Crippen molar-refractivity contribution in [1.82, 2.24) is 0 Å². The van der Waals surface area contributed by atoms with E-state index in [1.807, 2.05) is 0 Å². The molecule has 1 aromatic rings. The molecule has 0 heterocycles. The predicted molar refractivity (Wildman–Crippen MR) is 68.1 cm³/mol. The van der Waals surface area contributed by atoms with Crippen molar-refractivity contribution in [2.24, 2.45) is 5.73 Å². The van der Waals surface area contributed by atoms with E-state index < -0.39 is 16.4 Å². The largest absolute Gasteiger partial charge is 0.373 e. The Labute approximate surface area is 110 Å². The summed E-state index contributed by atoms with van der Waals surface area (Å²) in [5.41, 5.74) is 5.55. The molecule has 0 bridgehead atoms. The summed E-state index contributed by atoms with van der Waals surface area (Å²) in [6.07, 6.45) is 3.68. The highest BCUT2D eigenvalue weighted by Crippen LogP contribution is 2.24. The SMILES string of the molecule is NC1CCCC(OCc2cccc([N+](=O)[O-])c2F)C1. The molecule has 6 heteroatoms.